The zero-order valence-electron chi connectivity index (χ0n) is 17.1. The Kier molecular flexibility index (Phi) is 6.55. The molecule has 0 unspecified atom stereocenters. The van der Waals surface area contributed by atoms with Crippen LogP contribution in [0.15, 0.2) is 77.3 Å². The number of aliphatic carboxylic acids is 1. The monoisotopic (exact) mass is 497 g/mol. The molecule has 2 atom stereocenters. The summed E-state index contributed by atoms with van der Waals surface area (Å²) in [7, 11) is 0. The van der Waals surface area contributed by atoms with Crippen LogP contribution in [0.1, 0.15) is 30.0 Å². The van der Waals surface area contributed by atoms with Crippen molar-refractivity contribution in [3.63, 3.8) is 0 Å². The van der Waals surface area contributed by atoms with Crippen molar-refractivity contribution in [3.8, 4) is 5.75 Å². The van der Waals surface area contributed by atoms with E-state index >= 15 is 0 Å². The maximum atomic E-state index is 13.3. The molecular formula is C25H21BrFNO4. The Morgan fingerprint density at radius 2 is 1.66 bits per heavy atom. The fourth-order valence-corrected chi connectivity index (χ4v) is 4.15. The number of carboxylic acids is 1. The molecular weight excluding hydrogens is 477 g/mol. The third-order valence-corrected chi connectivity index (χ3v) is 6.06. The van der Waals surface area contributed by atoms with E-state index in [4.69, 9.17) is 9.84 Å². The first-order valence-corrected chi connectivity index (χ1v) is 11.0. The van der Waals surface area contributed by atoms with Crippen molar-refractivity contribution >= 4 is 33.5 Å². The molecule has 1 amide bonds. The van der Waals surface area contributed by atoms with E-state index in [0.29, 0.717) is 18.0 Å². The van der Waals surface area contributed by atoms with Gasteiger partial charge in [-0.2, -0.15) is 0 Å². The first kappa shape index (κ1) is 22.0. The Bertz CT molecular complexity index is 1100. The molecule has 0 bridgehead atoms. The minimum atomic E-state index is -0.937. The van der Waals surface area contributed by atoms with E-state index in [2.05, 4.69) is 15.9 Å². The normalized spacial score (nSPS) is 17.7. The highest BCUT2D eigenvalue weighted by atomic mass is 79.9. The zero-order chi connectivity index (χ0) is 22.7. The van der Waals surface area contributed by atoms with Crippen molar-refractivity contribution in [2.24, 2.45) is 5.92 Å². The molecule has 0 radical (unpaired) electrons. The van der Waals surface area contributed by atoms with Gasteiger partial charge in [-0.15, -0.1) is 0 Å². The van der Waals surface area contributed by atoms with Crippen LogP contribution >= 0.6 is 15.9 Å². The number of ether oxygens (including phenoxy) is 1. The van der Waals surface area contributed by atoms with Gasteiger partial charge in [-0.25, -0.2) is 4.39 Å². The summed E-state index contributed by atoms with van der Waals surface area (Å²) in [6.45, 7) is 0.428. The van der Waals surface area contributed by atoms with Crippen molar-refractivity contribution < 1.29 is 23.8 Å². The lowest BCUT2D eigenvalue weighted by atomic mass is 9.79. The van der Waals surface area contributed by atoms with Gasteiger partial charge in [-0.3, -0.25) is 9.59 Å². The molecule has 0 aromatic heterocycles. The number of halogens is 2. The van der Waals surface area contributed by atoms with Gasteiger partial charge in [0.05, 0.1) is 12.0 Å². The fraction of sp³-hybridized carbons (Fsp3) is 0.200. The van der Waals surface area contributed by atoms with Crippen LogP contribution in [-0.4, -0.2) is 17.0 Å². The third kappa shape index (κ3) is 4.83. The van der Waals surface area contributed by atoms with Crippen molar-refractivity contribution in [2.75, 3.05) is 4.90 Å². The maximum Gasteiger partial charge on any atom is 0.303 e. The van der Waals surface area contributed by atoms with E-state index in [1.807, 2.05) is 48.5 Å². The summed E-state index contributed by atoms with van der Waals surface area (Å²) >= 11 is 3.41. The van der Waals surface area contributed by atoms with Crippen LogP contribution in [0.25, 0.3) is 0 Å². The van der Waals surface area contributed by atoms with Crippen LogP contribution in [0.2, 0.25) is 0 Å². The summed E-state index contributed by atoms with van der Waals surface area (Å²) in [4.78, 5) is 25.5. The minimum Gasteiger partial charge on any atom is -0.489 e. The lowest BCUT2D eigenvalue weighted by molar-refractivity contribution is -0.138. The summed E-state index contributed by atoms with van der Waals surface area (Å²) in [5, 5.41) is 9.06. The lowest BCUT2D eigenvalue weighted by Crippen LogP contribution is -2.55. The van der Waals surface area contributed by atoms with Gasteiger partial charge < -0.3 is 14.7 Å². The highest BCUT2D eigenvalue weighted by Crippen LogP contribution is 2.45. The molecule has 1 saturated heterocycles. The summed E-state index contributed by atoms with van der Waals surface area (Å²) < 4.78 is 20.2. The van der Waals surface area contributed by atoms with E-state index in [9.17, 15) is 14.0 Å². The van der Waals surface area contributed by atoms with Crippen LogP contribution in [0.5, 0.6) is 5.75 Å². The van der Waals surface area contributed by atoms with Gasteiger partial charge in [0.15, 0.2) is 0 Å². The van der Waals surface area contributed by atoms with Gasteiger partial charge in [0.25, 0.3) is 0 Å². The van der Waals surface area contributed by atoms with E-state index in [1.165, 1.54) is 12.1 Å². The molecule has 7 heteroatoms. The Labute approximate surface area is 193 Å². The Hall–Kier alpha value is -3.19. The summed E-state index contributed by atoms with van der Waals surface area (Å²) in [6.07, 6.45) is 0.164. The van der Waals surface area contributed by atoms with Gasteiger partial charge in [0.2, 0.25) is 5.91 Å². The largest absolute Gasteiger partial charge is 0.489 e. The van der Waals surface area contributed by atoms with Gasteiger partial charge in [-0.1, -0.05) is 40.2 Å². The first-order valence-electron chi connectivity index (χ1n) is 10.2. The molecule has 5 nitrogen and oxygen atoms in total. The number of hydrogen-bond donors (Lipinski definition) is 1. The SMILES string of the molecule is O=C(O)CC[C@H]1C(=O)N(c2ccc(F)cc2)[C@@H]1c1ccc(OCc2ccc(Br)cc2)cc1. The Morgan fingerprint density at radius 3 is 2.28 bits per heavy atom. The molecule has 1 fully saturated rings. The number of anilines is 1. The second-order valence-electron chi connectivity index (χ2n) is 7.65. The molecule has 1 heterocycles. The molecule has 4 rings (SSSR count). The quantitative estimate of drug-likeness (QED) is 0.403. The summed E-state index contributed by atoms with van der Waals surface area (Å²) in [6, 6.07) is 20.7. The highest BCUT2D eigenvalue weighted by Gasteiger charge is 2.48. The van der Waals surface area contributed by atoms with Crippen molar-refractivity contribution in [1.82, 2.24) is 0 Å². The third-order valence-electron chi connectivity index (χ3n) is 5.53. The molecule has 32 heavy (non-hydrogen) atoms. The lowest BCUT2D eigenvalue weighted by Gasteiger charge is -2.47. The number of carbonyl (C=O) groups is 2. The maximum absolute atomic E-state index is 13.3. The van der Waals surface area contributed by atoms with Gasteiger partial charge >= 0.3 is 5.97 Å². The molecule has 0 saturated carbocycles. The number of benzene rings is 3. The summed E-state index contributed by atoms with van der Waals surface area (Å²) in [5.41, 5.74) is 2.50. The van der Waals surface area contributed by atoms with Crippen LogP contribution in [0.4, 0.5) is 10.1 Å². The second-order valence-corrected chi connectivity index (χ2v) is 8.57. The Morgan fingerprint density at radius 1 is 1.00 bits per heavy atom. The number of carboxylic acid groups (broad SMARTS) is 1. The standard InChI is InChI=1S/C25H21BrFNO4/c26-18-5-1-16(2-6-18)15-32-21-11-3-17(4-12-21)24-22(13-14-23(29)30)25(31)28(24)20-9-7-19(27)8-10-20/h1-12,22,24H,13-15H2,(H,29,30)/t22-,24-/m1/s1. The van der Waals surface area contributed by atoms with Crippen molar-refractivity contribution in [1.29, 1.82) is 0 Å². The predicted octanol–water partition coefficient (Wildman–Crippen LogP) is 5.74. The molecule has 0 aliphatic carbocycles. The number of β-lactam (4-membered cyclic amide) rings is 1. The number of hydrogen-bond acceptors (Lipinski definition) is 3. The van der Waals surface area contributed by atoms with Crippen LogP contribution in [0.3, 0.4) is 0 Å². The molecule has 3 aromatic rings. The number of amides is 1. The number of carbonyl (C=O) groups excluding carboxylic acids is 1. The van der Waals surface area contributed by atoms with Gasteiger partial charge in [0.1, 0.15) is 18.2 Å². The summed E-state index contributed by atoms with van der Waals surface area (Å²) in [5.74, 6) is -1.22. The highest BCUT2D eigenvalue weighted by molar-refractivity contribution is 9.10. The molecule has 164 valence electrons. The molecule has 1 aliphatic rings. The van der Waals surface area contributed by atoms with Crippen molar-refractivity contribution in [3.05, 3.63) is 94.2 Å². The van der Waals surface area contributed by atoms with Gasteiger partial charge in [0, 0.05) is 16.6 Å². The number of nitrogens with zero attached hydrogens (tertiary/aromatic N) is 1. The van der Waals surface area contributed by atoms with E-state index in [-0.39, 0.29) is 30.6 Å². The van der Waals surface area contributed by atoms with E-state index in [1.54, 1.807) is 17.0 Å². The fourth-order valence-electron chi connectivity index (χ4n) is 3.89. The Balaban J connectivity index is 1.51. The smallest absolute Gasteiger partial charge is 0.303 e. The molecule has 1 N–H and O–H groups in total. The topological polar surface area (TPSA) is 66.8 Å². The molecule has 3 aromatic carbocycles. The average molecular weight is 498 g/mol. The van der Waals surface area contributed by atoms with Crippen LogP contribution in [-0.2, 0) is 16.2 Å². The molecule has 0 spiro atoms. The average Bonchev–Trinajstić information content (AvgIpc) is 2.78. The first-order chi connectivity index (χ1) is 15.4. The van der Waals surface area contributed by atoms with Crippen molar-refractivity contribution in [2.45, 2.75) is 25.5 Å². The minimum absolute atomic E-state index is 0.0848. The van der Waals surface area contributed by atoms with E-state index < -0.39 is 11.9 Å². The van der Waals surface area contributed by atoms with Gasteiger partial charge in [-0.05, 0) is 66.1 Å². The zero-order valence-corrected chi connectivity index (χ0v) is 18.7. The number of rotatable bonds is 8. The van der Waals surface area contributed by atoms with Crippen LogP contribution < -0.4 is 9.64 Å². The van der Waals surface area contributed by atoms with E-state index in [0.717, 1.165) is 15.6 Å². The van der Waals surface area contributed by atoms with Crippen LogP contribution in [0, 0.1) is 11.7 Å². The second kappa shape index (κ2) is 9.53. The predicted molar refractivity (Wildman–Crippen MR) is 122 cm³/mol. The molecule has 1 aliphatic heterocycles.